The minimum absolute atomic E-state index is 0.351. The van der Waals surface area contributed by atoms with Crippen LogP contribution in [0, 0.1) is 5.92 Å². The van der Waals surface area contributed by atoms with Gasteiger partial charge in [0, 0.05) is 6.61 Å². The zero-order chi connectivity index (χ0) is 7.82. The summed E-state index contributed by atoms with van der Waals surface area (Å²) < 4.78 is 1.27. The summed E-state index contributed by atoms with van der Waals surface area (Å²) in [6, 6.07) is 0. The molecule has 2 heteroatoms. The van der Waals surface area contributed by atoms with Gasteiger partial charge in [-0.3, -0.25) is 0 Å². The number of alkyl halides is 1. The van der Waals surface area contributed by atoms with Gasteiger partial charge in [0.1, 0.15) is 0 Å². The van der Waals surface area contributed by atoms with Gasteiger partial charge in [0.2, 0.25) is 0 Å². The highest BCUT2D eigenvalue weighted by Crippen LogP contribution is 2.08. The quantitative estimate of drug-likeness (QED) is 0.440. The van der Waals surface area contributed by atoms with Crippen molar-refractivity contribution in [2.45, 2.75) is 32.6 Å². The van der Waals surface area contributed by atoms with Gasteiger partial charge in [-0.05, 0) is 23.2 Å². The van der Waals surface area contributed by atoms with E-state index in [9.17, 15) is 0 Å². The highest BCUT2D eigenvalue weighted by molar-refractivity contribution is 14.1. The number of halogens is 1. The standard InChI is InChI=1S/C8H17IO/c1-8(7-10)5-3-2-4-6-9/h8,10H,2-7H2,1H3/t8-/m0/s1. The van der Waals surface area contributed by atoms with Crippen molar-refractivity contribution in [1.29, 1.82) is 0 Å². The summed E-state index contributed by atoms with van der Waals surface area (Å²) in [6.07, 6.45) is 5.13. The van der Waals surface area contributed by atoms with E-state index in [0.29, 0.717) is 12.5 Å². The molecule has 0 spiro atoms. The molecule has 0 aliphatic carbocycles. The molecular weight excluding hydrogens is 239 g/mol. The number of hydrogen-bond donors (Lipinski definition) is 1. The van der Waals surface area contributed by atoms with Gasteiger partial charge in [0.15, 0.2) is 0 Å². The van der Waals surface area contributed by atoms with Crippen LogP contribution in [0.25, 0.3) is 0 Å². The van der Waals surface area contributed by atoms with Gasteiger partial charge in [0.25, 0.3) is 0 Å². The molecule has 0 heterocycles. The molecule has 0 amide bonds. The zero-order valence-electron chi connectivity index (χ0n) is 6.65. The average molecular weight is 256 g/mol. The van der Waals surface area contributed by atoms with Crippen LogP contribution in [0.1, 0.15) is 32.6 Å². The molecule has 0 aliphatic rings. The van der Waals surface area contributed by atoms with Crippen molar-refractivity contribution in [3.05, 3.63) is 0 Å². The van der Waals surface area contributed by atoms with Gasteiger partial charge in [-0.1, -0.05) is 42.4 Å². The van der Waals surface area contributed by atoms with Crippen LogP contribution in [-0.2, 0) is 0 Å². The summed E-state index contributed by atoms with van der Waals surface area (Å²) in [7, 11) is 0. The number of aliphatic hydroxyl groups excluding tert-OH is 1. The Morgan fingerprint density at radius 1 is 1.30 bits per heavy atom. The summed E-state index contributed by atoms with van der Waals surface area (Å²) in [6.45, 7) is 2.45. The maximum atomic E-state index is 8.69. The number of rotatable bonds is 6. The third kappa shape index (κ3) is 6.81. The Balaban J connectivity index is 2.89. The van der Waals surface area contributed by atoms with E-state index in [4.69, 9.17) is 5.11 Å². The molecule has 1 nitrogen and oxygen atoms in total. The van der Waals surface area contributed by atoms with Crippen molar-refractivity contribution in [2.75, 3.05) is 11.0 Å². The molecule has 1 atom stereocenters. The maximum absolute atomic E-state index is 8.69. The van der Waals surface area contributed by atoms with Crippen molar-refractivity contribution in [3.8, 4) is 0 Å². The highest BCUT2D eigenvalue weighted by atomic mass is 127. The molecule has 0 aromatic heterocycles. The van der Waals surface area contributed by atoms with Crippen LogP contribution in [-0.4, -0.2) is 16.1 Å². The molecule has 0 fully saturated rings. The molecule has 0 aromatic rings. The first-order chi connectivity index (χ1) is 4.81. The third-order valence-corrected chi connectivity index (χ3v) is 2.41. The van der Waals surface area contributed by atoms with Crippen LogP contribution in [0.3, 0.4) is 0 Å². The van der Waals surface area contributed by atoms with E-state index < -0.39 is 0 Å². The first-order valence-corrected chi connectivity index (χ1v) is 5.50. The summed E-state index contributed by atoms with van der Waals surface area (Å²) in [4.78, 5) is 0. The number of unbranched alkanes of at least 4 members (excludes halogenated alkanes) is 2. The molecule has 0 saturated carbocycles. The molecule has 0 saturated heterocycles. The fourth-order valence-electron chi connectivity index (χ4n) is 0.855. The van der Waals surface area contributed by atoms with Crippen LogP contribution in [0.4, 0.5) is 0 Å². The lowest BCUT2D eigenvalue weighted by Gasteiger charge is -2.05. The van der Waals surface area contributed by atoms with Crippen LogP contribution >= 0.6 is 22.6 Å². The first kappa shape index (κ1) is 10.7. The van der Waals surface area contributed by atoms with Gasteiger partial charge in [-0.15, -0.1) is 0 Å². The van der Waals surface area contributed by atoms with Crippen molar-refractivity contribution < 1.29 is 5.11 Å². The molecule has 0 aliphatic heterocycles. The molecule has 1 N–H and O–H groups in total. The molecule has 0 bridgehead atoms. The monoisotopic (exact) mass is 256 g/mol. The molecule has 0 rings (SSSR count). The van der Waals surface area contributed by atoms with E-state index in [1.807, 2.05) is 0 Å². The summed E-state index contributed by atoms with van der Waals surface area (Å²) >= 11 is 2.40. The fraction of sp³-hybridized carbons (Fsp3) is 1.00. The summed E-state index contributed by atoms with van der Waals surface area (Å²) in [5.41, 5.74) is 0. The SMILES string of the molecule is C[C@H](CO)CCCCCI. The minimum atomic E-state index is 0.351. The van der Waals surface area contributed by atoms with Crippen LogP contribution < -0.4 is 0 Å². The Hall–Kier alpha value is 0.690. The minimum Gasteiger partial charge on any atom is -0.396 e. The molecule has 0 radical (unpaired) electrons. The lowest BCUT2D eigenvalue weighted by atomic mass is 10.0. The van der Waals surface area contributed by atoms with Crippen LogP contribution in [0.2, 0.25) is 0 Å². The lowest BCUT2D eigenvalue weighted by molar-refractivity contribution is 0.227. The Morgan fingerprint density at radius 3 is 2.50 bits per heavy atom. The second-order valence-corrected chi connectivity index (χ2v) is 3.90. The van der Waals surface area contributed by atoms with Crippen molar-refractivity contribution in [2.24, 2.45) is 5.92 Å². The average Bonchev–Trinajstić information content (AvgIpc) is 1.98. The predicted octanol–water partition coefficient (Wildman–Crippen LogP) is 2.61. The van der Waals surface area contributed by atoms with E-state index in [2.05, 4.69) is 29.5 Å². The van der Waals surface area contributed by atoms with Crippen LogP contribution in [0.5, 0.6) is 0 Å². The number of aliphatic hydroxyl groups is 1. The number of hydrogen-bond acceptors (Lipinski definition) is 1. The van der Waals surface area contributed by atoms with Gasteiger partial charge in [-0.25, -0.2) is 0 Å². The lowest BCUT2D eigenvalue weighted by Crippen LogP contribution is -1.99. The summed E-state index contributed by atoms with van der Waals surface area (Å²) in [5.74, 6) is 0.509. The van der Waals surface area contributed by atoms with Crippen LogP contribution in [0.15, 0.2) is 0 Å². The smallest absolute Gasteiger partial charge is 0.0456 e. The van der Waals surface area contributed by atoms with Crippen molar-refractivity contribution in [3.63, 3.8) is 0 Å². The molecule has 0 unspecified atom stereocenters. The molecular formula is C8H17IO. The third-order valence-electron chi connectivity index (χ3n) is 1.64. The van der Waals surface area contributed by atoms with Gasteiger partial charge < -0.3 is 5.11 Å². The van der Waals surface area contributed by atoms with E-state index in [0.717, 1.165) is 0 Å². The topological polar surface area (TPSA) is 20.2 Å². The zero-order valence-corrected chi connectivity index (χ0v) is 8.80. The Kier molecular flexibility index (Phi) is 8.33. The molecule has 62 valence electrons. The Morgan fingerprint density at radius 2 is 2.00 bits per heavy atom. The van der Waals surface area contributed by atoms with Crippen molar-refractivity contribution in [1.82, 2.24) is 0 Å². The molecule has 0 aromatic carbocycles. The van der Waals surface area contributed by atoms with E-state index in [1.165, 1.54) is 30.1 Å². The highest BCUT2D eigenvalue weighted by Gasteiger charge is 1.97. The predicted molar refractivity (Wildman–Crippen MR) is 53.6 cm³/mol. The van der Waals surface area contributed by atoms with Crippen molar-refractivity contribution >= 4 is 22.6 Å². The largest absolute Gasteiger partial charge is 0.396 e. The van der Waals surface area contributed by atoms with E-state index >= 15 is 0 Å². The Bertz CT molecular complexity index is 66.3. The second kappa shape index (κ2) is 7.79. The fourth-order valence-corrected chi connectivity index (χ4v) is 1.39. The van der Waals surface area contributed by atoms with E-state index in [-0.39, 0.29) is 0 Å². The van der Waals surface area contributed by atoms with Gasteiger partial charge in [0.05, 0.1) is 0 Å². The van der Waals surface area contributed by atoms with E-state index in [1.54, 1.807) is 0 Å². The second-order valence-electron chi connectivity index (χ2n) is 2.83. The first-order valence-electron chi connectivity index (χ1n) is 3.98. The maximum Gasteiger partial charge on any atom is 0.0456 e. The summed E-state index contributed by atoms with van der Waals surface area (Å²) in [5, 5.41) is 8.69. The Labute approximate surface area is 77.3 Å². The normalized spacial score (nSPS) is 13.5. The molecule has 10 heavy (non-hydrogen) atoms. The van der Waals surface area contributed by atoms with Gasteiger partial charge >= 0.3 is 0 Å². The van der Waals surface area contributed by atoms with Gasteiger partial charge in [-0.2, -0.15) is 0 Å².